The van der Waals surface area contributed by atoms with Gasteiger partial charge in [0.05, 0.1) is 4.90 Å². The van der Waals surface area contributed by atoms with Crippen LogP contribution in [0.5, 0.6) is 0 Å². The van der Waals surface area contributed by atoms with E-state index in [0.29, 0.717) is 36.8 Å². The molecule has 186 valence electrons. The summed E-state index contributed by atoms with van der Waals surface area (Å²) < 4.78 is 40.8. The van der Waals surface area contributed by atoms with Gasteiger partial charge in [0.25, 0.3) is 5.91 Å². The van der Waals surface area contributed by atoms with Crippen molar-refractivity contribution >= 4 is 15.9 Å². The van der Waals surface area contributed by atoms with Crippen LogP contribution in [0.4, 0.5) is 4.39 Å². The number of hydrogen-bond acceptors (Lipinski definition) is 4. The van der Waals surface area contributed by atoms with Gasteiger partial charge in [0.15, 0.2) is 0 Å². The summed E-state index contributed by atoms with van der Waals surface area (Å²) in [6.45, 7) is 5.08. The van der Waals surface area contributed by atoms with Gasteiger partial charge in [-0.3, -0.25) is 4.79 Å². The molecule has 1 amide bonds. The maximum absolute atomic E-state index is 13.5. The third-order valence-electron chi connectivity index (χ3n) is 7.09. The van der Waals surface area contributed by atoms with Crippen LogP contribution >= 0.6 is 0 Å². The van der Waals surface area contributed by atoms with Crippen LogP contribution in [0.2, 0.25) is 0 Å². The van der Waals surface area contributed by atoms with Crippen LogP contribution in [-0.4, -0.2) is 61.7 Å². The summed E-state index contributed by atoms with van der Waals surface area (Å²) in [5.41, 5.74) is 3.37. The van der Waals surface area contributed by atoms with Crippen molar-refractivity contribution in [2.24, 2.45) is 5.92 Å². The highest BCUT2D eigenvalue weighted by molar-refractivity contribution is 7.89. The first kappa shape index (κ1) is 24.9. The van der Waals surface area contributed by atoms with E-state index in [4.69, 9.17) is 0 Å². The zero-order chi connectivity index (χ0) is 24.3. The number of nitrogens with zero attached hydrogens (tertiary/aromatic N) is 2. The maximum Gasteiger partial charge on any atom is 0.267 e. The average Bonchev–Trinajstić information content (AvgIpc) is 3.24. The van der Waals surface area contributed by atoms with Crippen molar-refractivity contribution in [3.63, 3.8) is 0 Å². The van der Waals surface area contributed by atoms with E-state index in [2.05, 4.69) is 22.2 Å². The van der Waals surface area contributed by atoms with Gasteiger partial charge in [0, 0.05) is 44.8 Å². The highest BCUT2D eigenvalue weighted by atomic mass is 32.2. The fraction of sp³-hybridized carbons (Fsp3) is 0.560. The molecule has 2 aliphatic rings. The molecular weight excluding hydrogens is 455 g/mol. The van der Waals surface area contributed by atoms with E-state index in [-0.39, 0.29) is 10.8 Å². The second kappa shape index (κ2) is 10.6. The Morgan fingerprint density at radius 2 is 1.94 bits per heavy atom. The molecule has 7 nitrogen and oxygen atoms in total. The van der Waals surface area contributed by atoms with Gasteiger partial charge in [-0.1, -0.05) is 12.8 Å². The zero-order valence-corrected chi connectivity index (χ0v) is 20.9. The van der Waals surface area contributed by atoms with Crippen molar-refractivity contribution < 1.29 is 17.6 Å². The zero-order valence-electron chi connectivity index (χ0n) is 20.1. The number of hydrogen-bond donors (Lipinski definition) is 2. The number of halogens is 1. The lowest BCUT2D eigenvalue weighted by molar-refractivity contribution is 0.0948. The van der Waals surface area contributed by atoms with Gasteiger partial charge < -0.3 is 15.2 Å². The lowest BCUT2D eigenvalue weighted by atomic mass is 9.92. The molecule has 0 spiro atoms. The second-order valence-corrected chi connectivity index (χ2v) is 11.6. The molecule has 0 radical (unpaired) electrons. The number of benzene rings is 1. The van der Waals surface area contributed by atoms with Crippen molar-refractivity contribution in [3.8, 4) is 0 Å². The van der Waals surface area contributed by atoms with Gasteiger partial charge in [-0.15, -0.1) is 0 Å². The number of rotatable bonds is 8. The standard InChI is InChI=1S/C25H35FN4O3S/c1-18-15-21(6-7-22(18)26)34(32,33)30-13-8-19(9-14-30)5-3-4-11-27-25(31)24-16-20-17-29(2)12-10-23(20)28-24/h6-7,15-16,19,28H,3-5,8-14,17H2,1-2H3,(H,27,31). The molecule has 1 aromatic carbocycles. The van der Waals surface area contributed by atoms with Gasteiger partial charge in [0.1, 0.15) is 11.5 Å². The van der Waals surface area contributed by atoms with E-state index in [0.717, 1.165) is 51.6 Å². The number of sulfonamides is 1. The van der Waals surface area contributed by atoms with Crippen LogP contribution in [0.1, 0.15) is 59.4 Å². The number of aryl methyl sites for hydroxylation is 1. The summed E-state index contributed by atoms with van der Waals surface area (Å²) in [5.74, 6) is 0.0459. The molecule has 0 aliphatic carbocycles. The predicted octanol–water partition coefficient (Wildman–Crippen LogP) is 3.45. The highest BCUT2D eigenvalue weighted by Gasteiger charge is 2.29. The summed E-state index contributed by atoms with van der Waals surface area (Å²) in [7, 11) is -1.49. The number of likely N-dealkylation sites (N-methyl/N-ethyl adjacent to an activating group) is 1. The minimum atomic E-state index is -3.58. The van der Waals surface area contributed by atoms with Crippen molar-refractivity contribution in [2.45, 2.75) is 56.9 Å². The van der Waals surface area contributed by atoms with E-state index in [1.165, 1.54) is 33.8 Å². The lowest BCUT2D eigenvalue weighted by Gasteiger charge is -2.31. The molecule has 34 heavy (non-hydrogen) atoms. The number of aromatic nitrogens is 1. The Morgan fingerprint density at radius 1 is 1.18 bits per heavy atom. The summed E-state index contributed by atoms with van der Waals surface area (Å²) in [6.07, 6.45) is 5.54. The third-order valence-corrected chi connectivity index (χ3v) is 8.98. The fourth-order valence-electron chi connectivity index (χ4n) is 4.92. The fourth-order valence-corrected chi connectivity index (χ4v) is 6.47. The van der Waals surface area contributed by atoms with Gasteiger partial charge in [0.2, 0.25) is 10.0 Å². The third kappa shape index (κ3) is 5.70. The summed E-state index contributed by atoms with van der Waals surface area (Å²) in [4.78, 5) is 18.1. The van der Waals surface area contributed by atoms with Gasteiger partial charge in [-0.2, -0.15) is 4.31 Å². The number of aromatic amines is 1. The number of carbonyl (C=O) groups is 1. The number of nitrogens with one attached hydrogen (secondary N) is 2. The molecule has 0 unspecified atom stereocenters. The quantitative estimate of drug-likeness (QED) is 0.555. The second-order valence-electron chi connectivity index (χ2n) is 9.68. The Hall–Kier alpha value is -2.23. The van der Waals surface area contributed by atoms with Crippen LogP contribution in [-0.2, 0) is 23.0 Å². The summed E-state index contributed by atoms with van der Waals surface area (Å²) >= 11 is 0. The summed E-state index contributed by atoms with van der Waals surface area (Å²) in [5, 5.41) is 3.01. The number of unbranched alkanes of at least 4 members (excludes halogenated alkanes) is 1. The van der Waals surface area contributed by atoms with E-state index < -0.39 is 15.8 Å². The smallest absolute Gasteiger partial charge is 0.267 e. The minimum Gasteiger partial charge on any atom is -0.354 e. The molecule has 2 N–H and O–H groups in total. The predicted molar refractivity (Wildman–Crippen MR) is 130 cm³/mol. The first-order valence-electron chi connectivity index (χ1n) is 12.2. The molecule has 1 saturated heterocycles. The number of H-pyrrole nitrogens is 1. The van der Waals surface area contributed by atoms with E-state index >= 15 is 0 Å². The largest absolute Gasteiger partial charge is 0.354 e. The van der Waals surface area contributed by atoms with Crippen LogP contribution in [0, 0.1) is 18.7 Å². The lowest BCUT2D eigenvalue weighted by Crippen LogP contribution is -2.38. The van der Waals surface area contributed by atoms with Gasteiger partial charge in [-0.05, 0) is 74.5 Å². The van der Waals surface area contributed by atoms with E-state index in [9.17, 15) is 17.6 Å². The normalized spacial score (nSPS) is 18.1. The van der Waals surface area contributed by atoms with Crippen LogP contribution in [0.3, 0.4) is 0 Å². The summed E-state index contributed by atoms with van der Waals surface area (Å²) in [6, 6.07) is 5.94. The Balaban J connectivity index is 1.16. The average molecular weight is 491 g/mol. The maximum atomic E-state index is 13.5. The molecule has 0 saturated carbocycles. The monoisotopic (exact) mass is 490 g/mol. The highest BCUT2D eigenvalue weighted by Crippen LogP contribution is 2.27. The SMILES string of the molecule is Cc1cc(S(=O)(=O)N2CCC(CCCCNC(=O)c3cc4c([nH]3)CCN(C)C4)CC2)ccc1F. The number of piperidine rings is 1. The molecule has 3 heterocycles. The molecule has 2 aromatic rings. The Labute approximate surface area is 201 Å². The van der Waals surface area contributed by atoms with Crippen LogP contribution in [0.15, 0.2) is 29.2 Å². The van der Waals surface area contributed by atoms with Crippen LogP contribution < -0.4 is 5.32 Å². The Morgan fingerprint density at radius 3 is 2.68 bits per heavy atom. The topological polar surface area (TPSA) is 85.5 Å². The molecule has 0 bridgehead atoms. The van der Waals surface area contributed by atoms with Crippen molar-refractivity contribution in [1.82, 2.24) is 19.5 Å². The van der Waals surface area contributed by atoms with Crippen molar-refractivity contribution in [3.05, 3.63) is 52.6 Å². The van der Waals surface area contributed by atoms with Crippen molar-refractivity contribution in [2.75, 3.05) is 33.2 Å². The van der Waals surface area contributed by atoms with E-state index in [1.54, 1.807) is 6.92 Å². The number of carbonyl (C=O) groups excluding carboxylic acids is 1. The van der Waals surface area contributed by atoms with Crippen LogP contribution in [0.25, 0.3) is 0 Å². The number of amides is 1. The van der Waals surface area contributed by atoms with Gasteiger partial charge >= 0.3 is 0 Å². The molecule has 4 rings (SSSR count). The first-order chi connectivity index (χ1) is 16.2. The molecule has 2 aliphatic heterocycles. The Bertz CT molecular complexity index is 1120. The van der Waals surface area contributed by atoms with Gasteiger partial charge in [-0.25, -0.2) is 12.8 Å². The van der Waals surface area contributed by atoms with Crippen molar-refractivity contribution in [1.29, 1.82) is 0 Å². The molecule has 1 aromatic heterocycles. The Kier molecular flexibility index (Phi) is 7.74. The number of fused-ring (bicyclic) bond motifs is 1. The molecule has 0 atom stereocenters. The first-order valence-corrected chi connectivity index (χ1v) is 13.6. The molecule has 1 fully saturated rings. The van der Waals surface area contributed by atoms with E-state index in [1.807, 2.05) is 6.07 Å². The molecular formula is C25H35FN4O3S. The minimum absolute atomic E-state index is 0.0494. The molecule has 9 heteroatoms.